The normalized spacial score (nSPS) is 11.0. The van der Waals surface area contributed by atoms with Crippen molar-refractivity contribution in [2.75, 3.05) is 29.4 Å². The van der Waals surface area contributed by atoms with Crippen molar-refractivity contribution in [2.24, 2.45) is 0 Å². The highest BCUT2D eigenvalue weighted by Crippen LogP contribution is 2.26. The highest BCUT2D eigenvalue weighted by atomic mass is 32.2. The van der Waals surface area contributed by atoms with Gasteiger partial charge < -0.3 is 14.8 Å². The van der Waals surface area contributed by atoms with Crippen molar-refractivity contribution < 1.29 is 27.1 Å². The molecule has 0 aliphatic heterocycles. The Kier molecular flexibility index (Phi) is 7.89. The van der Waals surface area contributed by atoms with Crippen LogP contribution < -0.4 is 19.1 Å². The van der Waals surface area contributed by atoms with Crippen LogP contribution in [0.1, 0.15) is 13.8 Å². The number of nitrogens with one attached hydrogen (secondary N) is 1. The number of ether oxygens (including phenoxy) is 2. The molecular weight excluding hydrogens is 447 g/mol. The van der Waals surface area contributed by atoms with Gasteiger partial charge >= 0.3 is 0 Å². The topological polar surface area (TPSA) is 84.9 Å². The molecule has 33 heavy (non-hydrogen) atoms. The molecule has 1 amide bonds. The molecule has 0 radical (unpaired) electrons. The van der Waals surface area contributed by atoms with E-state index < -0.39 is 28.3 Å². The van der Waals surface area contributed by atoms with Crippen molar-refractivity contribution in [1.29, 1.82) is 0 Å². The molecule has 7 nitrogen and oxygen atoms in total. The predicted octanol–water partition coefficient (Wildman–Crippen LogP) is 4.46. The Labute approximate surface area is 192 Å². The highest BCUT2D eigenvalue weighted by molar-refractivity contribution is 7.92. The zero-order valence-corrected chi connectivity index (χ0v) is 19.1. The summed E-state index contributed by atoms with van der Waals surface area (Å²) in [5, 5.41) is 2.68. The fourth-order valence-electron chi connectivity index (χ4n) is 3.06. The van der Waals surface area contributed by atoms with Crippen LogP contribution >= 0.6 is 0 Å². The summed E-state index contributed by atoms with van der Waals surface area (Å²) in [4.78, 5) is 12.7. The zero-order chi connectivity index (χ0) is 23.8. The molecule has 0 saturated heterocycles. The summed E-state index contributed by atoms with van der Waals surface area (Å²) in [5.41, 5.74) is 0.646. The van der Waals surface area contributed by atoms with Crippen LogP contribution in [0.3, 0.4) is 0 Å². The number of hydrogen-bond donors (Lipinski definition) is 1. The lowest BCUT2D eigenvalue weighted by molar-refractivity contribution is -0.114. The van der Waals surface area contributed by atoms with E-state index in [1.807, 2.05) is 13.8 Å². The summed E-state index contributed by atoms with van der Waals surface area (Å²) in [7, 11) is -4.13. The Morgan fingerprint density at radius 3 is 1.88 bits per heavy atom. The molecule has 0 fully saturated rings. The average molecular weight is 473 g/mol. The number of nitrogens with zero attached hydrogens (tertiary/aromatic N) is 1. The summed E-state index contributed by atoms with van der Waals surface area (Å²) in [6.07, 6.45) is 0. The number of hydrogen-bond acceptors (Lipinski definition) is 5. The SMILES string of the molecule is CCOc1ccc(NC(=O)CN(c2ccc(F)cc2)S(=O)(=O)c2ccc(OCC)cc2)cc1. The molecule has 174 valence electrons. The standard InChI is InChI=1S/C24H25FN2O5S/c1-3-31-21-11-7-19(8-12-21)26-24(28)17-27(20-9-5-18(25)6-10-20)33(29,30)23-15-13-22(14-16-23)32-4-2/h5-16H,3-4,17H2,1-2H3,(H,26,28). The number of rotatable bonds is 10. The monoisotopic (exact) mass is 472 g/mol. The van der Waals surface area contributed by atoms with Gasteiger partial charge in [0.1, 0.15) is 23.9 Å². The largest absolute Gasteiger partial charge is 0.494 e. The van der Waals surface area contributed by atoms with Crippen LogP contribution in [0.2, 0.25) is 0 Å². The molecule has 0 unspecified atom stereocenters. The molecular formula is C24H25FN2O5S. The van der Waals surface area contributed by atoms with E-state index in [0.29, 0.717) is 30.4 Å². The number of carbonyl (C=O) groups excluding carboxylic acids is 1. The Balaban J connectivity index is 1.86. The van der Waals surface area contributed by atoms with Crippen LogP contribution in [0, 0.1) is 5.82 Å². The summed E-state index contributed by atoms with van der Waals surface area (Å²) in [6, 6.07) is 17.5. The Morgan fingerprint density at radius 2 is 1.36 bits per heavy atom. The molecule has 1 N–H and O–H groups in total. The summed E-state index contributed by atoms with van der Waals surface area (Å²) < 4.78 is 51.9. The average Bonchev–Trinajstić information content (AvgIpc) is 2.80. The summed E-state index contributed by atoms with van der Waals surface area (Å²) >= 11 is 0. The maximum absolute atomic E-state index is 13.5. The molecule has 0 bridgehead atoms. The van der Waals surface area contributed by atoms with Crippen molar-refractivity contribution in [2.45, 2.75) is 18.7 Å². The zero-order valence-electron chi connectivity index (χ0n) is 18.3. The molecule has 0 aliphatic carbocycles. The van der Waals surface area contributed by atoms with Gasteiger partial charge in [-0.1, -0.05) is 0 Å². The fourth-order valence-corrected chi connectivity index (χ4v) is 4.48. The van der Waals surface area contributed by atoms with Crippen molar-refractivity contribution in [1.82, 2.24) is 0 Å². The van der Waals surface area contributed by atoms with Gasteiger partial charge in [-0.05, 0) is 86.6 Å². The lowest BCUT2D eigenvalue weighted by atomic mass is 10.3. The number of halogens is 1. The third-order valence-corrected chi connectivity index (χ3v) is 6.36. The van der Waals surface area contributed by atoms with Gasteiger partial charge in [0.15, 0.2) is 0 Å². The molecule has 3 rings (SSSR count). The van der Waals surface area contributed by atoms with Gasteiger partial charge in [-0.25, -0.2) is 12.8 Å². The maximum atomic E-state index is 13.5. The molecule has 0 saturated carbocycles. The summed E-state index contributed by atoms with van der Waals surface area (Å²) in [5.74, 6) is 0.105. The Morgan fingerprint density at radius 1 is 0.848 bits per heavy atom. The molecule has 3 aromatic rings. The van der Waals surface area contributed by atoms with E-state index in [1.165, 1.54) is 24.3 Å². The first kappa shape index (κ1) is 24.1. The number of sulfonamides is 1. The third kappa shape index (κ3) is 6.23. The number of amides is 1. The first-order valence-corrected chi connectivity index (χ1v) is 11.8. The van der Waals surface area contributed by atoms with Gasteiger partial charge in [-0.2, -0.15) is 0 Å². The van der Waals surface area contributed by atoms with Crippen LogP contribution in [0.4, 0.5) is 15.8 Å². The Hall–Kier alpha value is -3.59. The highest BCUT2D eigenvalue weighted by Gasteiger charge is 2.27. The molecule has 0 heterocycles. The second-order valence-electron chi connectivity index (χ2n) is 6.90. The minimum absolute atomic E-state index is 0.0239. The number of carbonyl (C=O) groups is 1. The predicted molar refractivity (Wildman–Crippen MR) is 125 cm³/mol. The number of anilines is 2. The van der Waals surface area contributed by atoms with Crippen LogP contribution in [0.15, 0.2) is 77.7 Å². The quantitative estimate of drug-likeness (QED) is 0.471. The fraction of sp³-hybridized carbons (Fsp3) is 0.208. The lowest BCUT2D eigenvalue weighted by Crippen LogP contribution is -2.38. The first-order valence-electron chi connectivity index (χ1n) is 10.4. The van der Waals surface area contributed by atoms with E-state index in [1.54, 1.807) is 36.4 Å². The Bertz CT molecular complexity index is 1160. The van der Waals surface area contributed by atoms with Gasteiger partial charge in [0, 0.05) is 5.69 Å². The van der Waals surface area contributed by atoms with E-state index in [4.69, 9.17) is 9.47 Å². The van der Waals surface area contributed by atoms with Crippen LogP contribution in [0.25, 0.3) is 0 Å². The molecule has 9 heteroatoms. The van der Waals surface area contributed by atoms with E-state index >= 15 is 0 Å². The first-order chi connectivity index (χ1) is 15.8. The van der Waals surface area contributed by atoms with Gasteiger partial charge in [-0.15, -0.1) is 0 Å². The van der Waals surface area contributed by atoms with E-state index in [0.717, 1.165) is 16.4 Å². The van der Waals surface area contributed by atoms with E-state index in [2.05, 4.69) is 5.32 Å². The minimum atomic E-state index is -4.13. The van der Waals surface area contributed by atoms with Gasteiger partial charge in [0.2, 0.25) is 5.91 Å². The second kappa shape index (κ2) is 10.8. The van der Waals surface area contributed by atoms with Crippen LogP contribution in [0.5, 0.6) is 11.5 Å². The second-order valence-corrected chi connectivity index (χ2v) is 8.76. The van der Waals surface area contributed by atoms with E-state index in [-0.39, 0.29) is 10.6 Å². The summed E-state index contributed by atoms with van der Waals surface area (Å²) in [6.45, 7) is 4.14. The van der Waals surface area contributed by atoms with Crippen molar-refractivity contribution in [3.63, 3.8) is 0 Å². The number of benzene rings is 3. The molecule has 0 aromatic heterocycles. The third-order valence-electron chi connectivity index (χ3n) is 4.57. The molecule has 0 aliphatic rings. The van der Waals surface area contributed by atoms with Crippen LogP contribution in [-0.4, -0.2) is 34.1 Å². The van der Waals surface area contributed by atoms with Crippen LogP contribution in [-0.2, 0) is 14.8 Å². The van der Waals surface area contributed by atoms with Crippen molar-refractivity contribution in [3.8, 4) is 11.5 Å². The molecule has 0 spiro atoms. The molecule has 0 atom stereocenters. The molecule has 3 aromatic carbocycles. The minimum Gasteiger partial charge on any atom is -0.494 e. The van der Waals surface area contributed by atoms with Gasteiger partial charge in [-0.3, -0.25) is 9.10 Å². The van der Waals surface area contributed by atoms with Gasteiger partial charge in [0.05, 0.1) is 23.8 Å². The van der Waals surface area contributed by atoms with E-state index in [9.17, 15) is 17.6 Å². The van der Waals surface area contributed by atoms with Gasteiger partial charge in [0.25, 0.3) is 10.0 Å². The lowest BCUT2D eigenvalue weighted by Gasteiger charge is -2.24. The maximum Gasteiger partial charge on any atom is 0.264 e. The smallest absolute Gasteiger partial charge is 0.264 e. The van der Waals surface area contributed by atoms with Crippen molar-refractivity contribution in [3.05, 3.63) is 78.6 Å². The van der Waals surface area contributed by atoms with Crippen molar-refractivity contribution >= 4 is 27.3 Å².